The number of hydrogen-bond acceptors (Lipinski definition) is 5. The number of fused-ring (bicyclic) bond motifs is 2. The van der Waals surface area contributed by atoms with Gasteiger partial charge in [-0.3, -0.25) is 9.05 Å². The molecule has 0 saturated carbocycles. The van der Waals surface area contributed by atoms with Crippen molar-refractivity contribution in [1.82, 2.24) is 0 Å². The lowest BCUT2D eigenvalue weighted by Crippen LogP contribution is -2.40. The Morgan fingerprint density at radius 1 is 1.62 bits per heavy atom. The summed E-state index contributed by atoms with van der Waals surface area (Å²) in [5.74, 6) is 0. The minimum absolute atomic E-state index is 0.129. The Hall–Kier alpha value is 0.0300. The van der Waals surface area contributed by atoms with Gasteiger partial charge >= 0.3 is 7.82 Å². The van der Waals surface area contributed by atoms with Crippen LogP contribution in [-0.2, 0) is 23.1 Å². The van der Waals surface area contributed by atoms with Gasteiger partial charge in [-0.05, 0) is 13.3 Å². The van der Waals surface area contributed by atoms with E-state index in [-0.39, 0.29) is 12.2 Å². The predicted molar refractivity (Wildman–Crippen MR) is 55.0 cm³/mol. The third kappa shape index (κ3) is 1.83. The van der Waals surface area contributed by atoms with Crippen LogP contribution in [0.25, 0.3) is 0 Å². The second kappa shape index (κ2) is 4.05. The van der Waals surface area contributed by atoms with Gasteiger partial charge in [0.25, 0.3) is 0 Å². The molecule has 16 heavy (non-hydrogen) atoms. The van der Waals surface area contributed by atoms with Gasteiger partial charge in [0.2, 0.25) is 0 Å². The van der Waals surface area contributed by atoms with E-state index in [4.69, 9.17) is 14.0 Å². The summed E-state index contributed by atoms with van der Waals surface area (Å²) in [4.78, 5) is 9.34. The average molecular weight is 252 g/mol. The Balaban J connectivity index is 2.18. The van der Waals surface area contributed by atoms with Gasteiger partial charge in [0.05, 0.1) is 12.7 Å². The van der Waals surface area contributed by atoms with Gasteiger partial charge in [0.15, 0.2) is 0 Å². The third-order valence-corrected chi connectivity index (χ3v) is 4.25. The maximum Gasteiger partial charge on any atom is 0.472 e. The van der Waals surface area contributed by atoms with E-state index in [1.807, 2.05) is 13.8 Å². The minimum Gasteiger partial charge on any atom is -0.370 e. The van der Waals surface area contributed by atoms with E-state index in [0.29, 0.717) is 13.0 Å². The molecule has 0 aromatic rings. The lowest BCUT2D eigenvalue weighted by atomic mass is 9.96. The zero-order valence-electron chi connectivity index (χ0n) is 9.58. The molecule has 0 aliphatic carbocycles. The van der Waals surface area contributed by atoms with Crippen molar-refractivity contribution in [1.29, 1.82) is 0 Å². The number of hydrogen-bond donors (Lipinski definition) is 1. The van der Waals surface area contributed by atoms with Crippen LogP contribution in [0.1, 0.15) is 20.3 Å². The normalized spacial score (nSPS) is 45.9. The Labute approximate surface area is 94.4 Å². The molecule has 2 aliphatic heterocycles. The quantitative estimate of drug-likeness (QED) is 0.755. The fourth-order valence-electron chi connectivity index (χ4n) is 2.36. The standard InChI is InChI=1S/C9H17O6P/c1-4-9-5-13-7(6(2)14-9)8(9)15-16(10,11)12-3/h6-8H,4-5H2,1-3H3,(H,10,11)/t6-,7?,8?,9-/m0/s1. The van der Waals surface area contributed by atoms with Crippen LogP contribution in [0.4, 0.5) is 0 Å². The predicted octanol–water partition coefficient (Wildman–Crippen LogP) is 1.08. The summed E-state index contributed by atoms with van der Waals surface area (Å²) < 4.78 is 32.3. The van der Waals surface area contributed by atoms with Crippen LogP contribution in [0.15, 0.2) is 0 Å². The molecule has 2 aliphatic rings. The molecule has 7 heteroatoms. The molecule has 94 valence electrons. The highest BCUT2D eigenvalue weighted by atomic mass is 31.2. The maximum atomic E-state index is 11.4. The van der Waals surface area contributed by atoms with Gasteiger partial charge in [0.1, 0.15) is 17.8 Å². The third-order valence-electron chi connectivity index (χ3n) is 3.30. The first kappa shape index (κ1) is 12.5. The summed E-state index contributed by atoms with van der Waals surface area (Å²) >= 11 is 0. The molecular weight excluding hydrogens is 235 g/mol. The molecule has 2 fully saturated rings. The van der Waals surface area contributed by atoms with Crippen molar-refractivity contribution in [3.05, 3.63) is 0 Å². The van der Waals surface area contributed by atoms with Crippen molar-refractivity contribution in [2.75, 3.05) is 13.7 Å². The van der Waals surface area contributed by atoms with Crippen molar-refractivity contribution in [3.63, 3.8) is 0 Å². The Kier molecular flexibility index (Phi) is 3.16. The fourth-order valence-corrected chi connectivity index (χ4v) is 3.04. The fraction of sp³-hybridized carbons (Fsp3) is 1.00. The summed E-state index contributed by atoms with van der Waals surface area (Å²) in [6.45, 7) is 4.20. The summed E-state index contributed by atoms with van der Waals surface area (Å²) in [5.41, 5.74) is -0.610. The molecule has 2 saturated heterocycles. The Morgan fingerprint density at radius 2 is 2.31 bits per heavy atom. The summed E-state index contributed by atoms with van der Waals surface area (Å²) in [7, 11) is -2.86. The molecule has 6 nitrogen and oxygen atoms in total. The first-order valence-electron chi connectivity index (χ1n) is 5.30. The van der Waals surface area contributed by atoms with Crippen molar-refractivity contribution < 1.29 is 28.0 Å². The summed E-state index contributed by atoms with van der Waals surface area (Å²) in [5, 5.41) is 0. The molecule has 0 aromatic heterocycles. The molecule has 3 unspecified atom stereocenters. The first-order chi connectivity index (χ1) is 7.44. The molecule has 0 aromatic carbocycles. The summed E-state index contributed by atoms with van der Waals surface area (Å²) in [6, 6.07) is 0. The summed E-state index contributed by atoms with van der Waals surface area (Å²) in [6.07, 6.45) is -0.295. The molecule has 2 rings (SSSR count). The van der Waals surface area contributed by atoms with Crippen LogP contribution in [0.5, 0.6) is 0 Å². The van der Waals surface area contributed by atoms with Gasteiger partial charge < -0.3 is 14.4 Å². The number of ether oxygens (including phenoxy) is 2. The van der Waals surface area contributed by atoms with E-state index < -0.39 is 19.5 Å². The van der Waals surface area contributed by atoms with E-state index in [2.05, 4.69) is 4.52 Å². The molecule has 2 bridgehead atoms. The molecule has 0 radical (unpaired) electrons. The van der Waals surface area contributed by atoms with E-state index >= 15 is 0 Å². The van der Waals surface area contributed by atoms with E-state index in [1.54, 1.807) is 0 Å². The highest BCUT2D eigenvalue weighted by Gasteiger charge is 2.61. The van der Waals surface area contributed by atoms with E-state index in [1.165, 1.54) is 0 Å². The minimum atomic E-state index is -4.00. The number of phosphoric ester groups is 1. The van der Waals surface area contributed by atoms with Gasteiger partial charge in [-0.2, -0.15) is 0 Å². The largest absolute Gasteiger partial charge is 0.472 e. The maximum absolute atomic E-state index is 11.4. The highest BCUT2D eigenvalue weighted by Crippen LogP contribution is 2.52. The lowest BCUT2D eigenvalue weighted by molar-refractivity contribution is -0.139. The Bertz CT molecular complexity index is 321. The smallest absolute Gasteiger partial charge is 0.370 e. The van der Waals surface area contributed by atoms with Crippen LogP contribution >= 0.6 is 7.82 Å². The molecule has 0 spiro atoms. The van der Waals surface area contributed by atoms with Crippen LogP contribution in [0.3, 0.4) is 0 Å². The first-order valence-corrected chi connectivity index (χ1v) is 6.80. The topological polar surface area (TPSA) is 74.2 Å². The number of rotatable bonds is 4. The van der Waals surface area contributed by atoms with Crippen LogP contribution in [0.2, 0.25) is 0 Å². The number of phosphoric acid groups is 1. The van der Waals surface area contributed by atoms with Crippen LogP contribution in [-0.4, -0.2) is 42.5 Å². The monoisotopic (exact) mass is 252 g/mol. The van der Waals surface area contributed by atoms with Crippen molar-refractivity contribution >= 4 is 7.82 Å². The lowest BCUT2D eigenvalue weighted by Gasteiger charge is -2.29. The van der Waals surface area contributed by atoms with Gasteiger partial charge in [0, 0.05) is 7.11 Å². The molecule has 5 atom stereocenters. The van der Waals surface area contributed by atoms with Gasteiger partial charge in [-0.15, -0.1) is 0 Å². The second-order valence-electron chi connectivity index (χ2n) is 4.19. The van der Waals surface area contributed by atoms with E-state index in [0.717, 1.165) is 7.11 Å². The van der Waals surface area contributed by atoms with Crippen LogP contribution < -0.4 is 0 Å². The average Bonchev–Trinajstić information content (AvgIpc) is 2.70. The molecule has 1 N–H and O–H groups in total. The van der Waals surface area contributed by atoms with Crippen molar-refractivity contribution in [3.8, 4) is 0 Å². The zero-order valence-corrected chi connectivity index (χ0v) is 10.5. The highest BCUT2D eigenvalue weighted by molar-refractivity contribution is 7.47. The zero-order chi connectivity index (χ0) is 12.0. The van der Waals surface area contributed by atoms with Crippen molar-refractivity contribution in [2.45, 2.75) is 44.2 Å². The second-order valence-corrected chi connectivity index (χ2v) is 5.71. The van der Waals surface area contributed by atoms with E-state index in [9.17, 15) is 9.46 Å². The van der Waals surface area contributed by atoms with Crippen LogP contribution in [0, 0.1) is 0 Å². The Morgan fingerprint density at radius 3 is 2.81 bits per heavy atom. The molecule has 2 heterocycles. The van der Waals surface area contributed by atoms with Crippen molar-refractivity contribution in [2.24, 2.45) is 0 Å². The SMILES string of the molecule is CC[C@]12COC(C1OP(=O)(O)OC)[C@H](C)O2. The molecular formula is C9H17O6P. The van der Waals surface area contributed by atoms with Gasteiger partial charge in [-0.25, -0.2) is 4.57 Å². The van der Waals surface area contributed by atoms with Gasteiger partial charge in [-0.1, -0.05) is 6.92 Å². The molecule has 0 amide bonds.